The standard InChI is InChI=1S/C15H22F3N3O2S/c1-12-3-2-4-13(9-12)11-24(22,23)20-10-14(15(16,17)18)21-7-5-19-6-8-21/h2-4,9,14,19-20H,5-8,10-11H2,1H3. The second-order valence-electron chi connectivity index (χ2n) is 5.94. The summed E-state index contributed by atoms with van der Waals surface area (Å²) in [5, 5.41) is 2.98. The molecule has 0 saturated carbocycles. The predicted octanol–water partition coefficient (Wildman–Crippen LogP) is 1.25. The second-order valence-corrected chi connectivity index (χ2v) is 7.75. The summed E-state index contributed by atoms with van der Waals surface area (Å²) in [6, 6.07) is 5.08. The molecule has 1 unspecified atom stereocenters. The number of nitrogens with zero attached hydrogens (tertiary/aromatic N) is 1. The molecule has 1 heterocycles. The van der Waals surface area contributed by atoms with Crippen molar-refractivity contribution < 1.29 is 21.6 Å². The summed E-state index contributed by atoms with van der Waals surface area (Å²) < 4.78 is 66.1. The van der Waals surface area contributed by atoms with Crippen LogP contribution in [0.4, 0.5) is 13.2 Å². The molecule has 2 rings (SSSR count). The molecule has 1 aliphatic rings. The first-order chi connectivity index (χ1) is 11.2. The number of benzene rings is 1. The zero-order valence-electron chi connectivity index (χ0n) is 13.4. The van der Waals surface area contributed by atoms with E-state index >= 15 is 0 Å². The molecule has 0 bridgehead atoms. The molecule has 0 radical (unpaired) electrons. The highest BCUT2D eigenvalue weighted by Gasteiger charge is 2.44. The largest absolute Gasteiger partial charge is 0.405 e. The zero-order chi connectivity index (χ0) is 17.8. The van der Waals surface area contributed by atoms with E-state index in [0.29, 0.717) is 18.7 Å². The third-order valence-corrected chi connectivity index (χ3v) is 5.23. The Morgan fingerprint density at radius 1 is 1.29 bits per heavy atom. The lowest BCUT2D eigenvalue weighted by Crippen LogP contribution is -2.57. The molecule has 2 N–H and O–H groups in total. The molecular weight excluding hydrogens is 343 g/mol. The Hall–Kier alpha value is -1.16. The van der Waals surface area contributed by atoms with Crippen molar-refractivity contribution in [1.82, 2.24) is 14.9 Å². The Morgan fingerprint density at radius 2 is 1.96 bits per heavy atom. The van der Waals surface area contributed by atoms with Crippen LogP contribution in [0.3, 0.4) is 0 Å². The molecule has 9 heteroatoms. The van der Waals surface area contributed by atoms with Crippen LogP contribution >= 0.6 is 0 Å². The van der Waals surface area contributed by atoms with Gasteiger partial charge in [0.2, 0.25) is 10.0 Å². The molecule has 1 atom stereocenters. The number of alkyl halides is 3. The minimum Gasteiger partial charge on any atom is -0.314 e. The fourth-order valence-corrected chi connectivity index (χ4v) is 3.86. The highest BCUT2D eigenvalue weighted by molar-refractivity contribution is 7.88. The van der Waals surface area contributed by atoms with Crippen molar-refractivity contribution in [2.24, 2.45) is 0 Å². The average molecular weight is 365 g/mol. The second kappa shape index (κ2) is 7.81. The molecule has 1 aromatic rings. The van der Waals surface area contributed by atoms with Crippen LogP contribution in [0.15, 0.2) is 24.3 Å². The van der Waals surface area contributed by atoms with Crippen LogP contribution in [-0.4, -0.2) is 58.3 Å². The van der Waals surface area contributed by atoms with Gasteiger partial charge in [0.1, 0.15) is 6.04 Å². The highest BCUT2D eigenvalue weighted by Crippen LogP contribution is 2.25. The maximum Gasteiger partial charge on any atom is 0.405 e. The number of rotatable bonds is 6. The van der Waals surface area contributed by atoms with Gasteiger partial charge in [0.25, 0.3) is 0 Å². The van der Waals surface area contributed by atoms with Crippen molar-refractivity contribution >= 4 is 10.0 Å². The van der Waals surface area contributed by atoms with Crippen molar-refractivity contribution in [2.45, 2.75) is 24.9 Å². The highest BCUT2D eigenvalue weighted by atomic mass is 32.2. The maximum atomic E-state index is 13.3. The van der Waals surface area contributed by atoms with Crippen molar-refractivity contribution in [3.63, 3.8) is 0 Å². The molecule has 1 saturated heterocycles. The van der Waals surface area contributed by atoms with Gasteiger partial charge in [-0.15, -0.1) is 0 Å². The topological polar surface area (TPSA) is 61.4 Å². The van der Waals surface area contributed by atoms with Crippen molar-refractivity contribution in [3.05, 3.63) is 35.4 Å². The number of halogens is 3. The Balaban J connectivity index is 2.01. The number of hydrogen-bond acceptors (Lipinski definition) is 4. The van der Waals surface area contributed by atoms with Gasteiger partial charge in [-0.05, 0) is 12.5 Å². The first kappa shape index (κ1) is 19.2. The first-order valence-corrected chi connectivity index (χ1v) is 9.37. The van der Waals surface area contributed by atoms with Gasteiger partial charge in [-0.25, -0.2) is 13.1 Å². The van der Waals surface area contributed by atoms with E-state index in [1.165, 1.54) is 4.90 Å². The predicted molar refractivity (Wildman–Crippen MR) is 86.1 cm³/mol. The molecule has 1 aliphatic heterocycles. The molecule has 0 aromatic heterocycles. The molecule has 5 nitrogen and oxygen atoms in total. The van der Waals surface area contributed by atoms with Gasteiger partial charge in [0.15, 0.2) is 0 Å². The first-order valence-electron chi connectivity index (χ1n) is 7.72. The van der Waals surface area contributed by atoms with Crippen LogP contribution in [0, 0.1) is 6.92 Å². The SMILES string of the molecule is Cc1cccc(CS(=O)(=O)NCC(N2CCNCC2)C(F)(F)F)c1. The summed E-state index contributed by atoms with van der Waals surface area (Å²) in [7, 11) is -3.84. The summed E-state index contributed by atoms with van der Waals surface area (Å²) in [6.45, 7) is 2.56. The zero-order valence-corrected chi connectivity index (χ0v) is 14.3. The van der Waals surface area contributed by atoms with E-state index in [1.54, 1.807) is 18.2 Å². The lowest BCUT2D eigenvalue weighted by Gasteiger charge is -2.35. The summed E-state index contributed by atoms with van der Waals surface area (Å²) in [5.41, 5.74) is 1.45. The van der Waals surface area contributed by atoms with Crippen LogP contribution in [-0.2, 0) is 15.8 Å². The normalized spacial score (nSPS) is 18.5. The lowest BCUT2D eigenvalue weighted by atomic mass is 10.2. The van der Waals surface area contributed by atoms with E-state index in [-0.39, 0.29) is 18.8 Å². The van der Waals surface area contributed by atoms with E-state index in [9.17, 15) is 21.6 Å². The smallest absolute Gasteiger partial charge is 0.314 e. The molecule has 1 fully saturated rings. The van der Waals surface area contributed by atoms with Crippen LogP contribution in [0.5, 0.6) is 0 Å². The van der Waals surface area contributed by atoms with Crippen molar-refractivity contribution in [2.75, 3.05) is 32.7 Å². The molecule has 0 spiro atoms. The lowest BCUT2D eigenvalue weighted by molar-refractivity contribution is -0.182. The van der Waals surface area contributed by atoms with E-state index in [4.69, 9.17) is 0 Å². The quantitative estimate of drug-likeness (QED) is 0.797. The Labute approximate surface area is 140 Å². The van der Waals surface area contributed by atoms with Gasteiger partial charge in [0.05, 0.1) is 5.75 Å². The molecular formula is C15H22F3N3O2S. The minimum atomic E-state index is -4.48. The Morgan fingerprint density at radius 3 is 2.54 bits per heavy atom. The van der Waals surface area contributed by atoms with Crippen LogP contribution in [0.2, 0.25) is 0 Å². The molecule has 0 amide bonds. The molecule has 0 aliphatic carbocycles. The van der Waals surface area contributed by atoms with E-state index in [1.807, 2.05) is 13.0 Å². The van der Waals surface area contributed by atoms with Crippen molar-refractivity contribution in [1.29, 1.82) is 0 Å². The van der Waals surface area contributed by atoms with Gasteiger partial charge in [0, 0.05) is 32.7 Å². The Kier molecular flexibility index (Phi) is 6.24. The number of sulfonamides is 1. The van der Waals surface area contributed by atoms with E-state index in [2.05, 4.69) is 10.0 Å². The van der Waals surface area contributed by atoms with Crippen molar-refractivity contribution in [3.8, 4) is 0 Å². The number of nitrogens with one attached hydrogen (secondary N) is 2. The van der Waals surface area contributed by atoms with E-state index in [0.717, 1.165) is 5.56 Å². The molecule has 24 heavy (non-hydrogen) atoms. The van der Waals surface area contributed by atoms with Gasteiger partial charge >= 0.3 is 6.18 Å². The van der Waals surface area contributed by atoms with Crippen LogP contribution in [0.25, 0.3) is 0 Å². The van der Waals surface area contributed by atoms with Gasteiger partial charge < -0.3 is 5.32 Å². The summed E-state index contributed by atoms with van der Waals surface area (Å²) in [5.74, 6) is -0.333. The fraction of sp³-hybridized carbons (Fsp3) is 0.600. The van der Waals surface area contributed by atoms with Gasteiger partial charge in [-0.1, -0.05) is 29.8 Å². The minimum absolute atomic E-state index is 0.240. The Bertz CT molecular complexity index is 644. The molecule has 1 aromatic carbocycles. The summed E-state index contributed by atoms with van der Waals surface area (Å²) >= 11 is 0. The maximum absolute atomic E-state index is 13.3. The van der Waals surface area contributed by atoms with Gasteiger partial charge in [-0.3, -0.25) is 4.90 Å². The third-order valence-electron chi connectivity index (χ3n) is 3.91. The third kappa shape index (κ3) is 5.73. The number of piperazine rings is 1. The monoisotopic (exact) mass is 365 g/mol. The van der Waals surface area contributed by atoms with Crippen LogP contribution < -0.4 is 10.0 Å². The summed E-state index contributed by atoms with van der Waals surface area (Å²) in [6.07, 6.45) is -4.48. The van der Waals surface area contributed by atoms with E-state index < -0.39 is 28.8 Å². The fourth-order valence-electron chi connectivity index (χ4n) is 2.72. The number of hydrogen-bond donors (Lipinski definition) is 2. The summed E-state index contributed by atoms with van der Waals surface area (Å²) in [4.78, 5) is 1.27. The van der Waals surface area contributed by atoms with Crippen LogP contribution in [0.1, 0.15) is 11.1 Å². The number of aryl methyl sites for hydroxylation is 1. The molecule has 136 valence electrons. The van der Waals surface area contributed by atoms with Gasteiger partial charge in [-0.2, -0.15) is 13.2 Å². The average Bonchev–Trinajstić information content (AvgIpc) is 2.46.